The SMILES string of the molecule is CC(C)C(F)C(=O)ON1C(=O)c2ccccc2C1=O. The number of rotatable bonds is 3. The molecule has 0 radical (unpaired) electrons. The molecule has 6 heteroatoms. The predicted octanol–water partition coefficient (Wildman–Crippen LogP) is 1.73. The molecule has 0 spiro atoms. The molecular formula is C13H12FNO4. The average molecular weight is 265 g/mol. The fourth-order valence-corrected chi connectivity index (χ4v) is 1.66. The van der Waals surface area contributed by atoms with Gasteiger partial charge in [-0.15, -0.1) is 0 Å². The largest absolute Gasteiger partial charge is 0.367 e. The van der Waals surface area contributed by atoms with Crippen molar-refractivity contribution in [3.8, 4) is 0 Å². The van der Waals surface area contributed by atoms with E-state index in [0.717, 1.165) is 0 Å². The minimum absolute atomic E-state index is 0.139. The van der Waals surface area contributed by atoms with Crippen LogP contribution in [0.2, 0.25) is 0 Å². The van der Waals surface area contributed by atoms with Gasteiger partial charge in [0, 0.05) is 0 Å². The topological polar surface area (TPSA) is 63.7 Å². The van der Waals surface area contributed by atoms with Crippen LogP contribution in [0.3, 0.4) is 0 Å². The number of fused-ring (bicyclic) bond motifs is 1. The lowest BCUT2D eigenvalue weighted by atomic mass is 10.1. The van der Waals surface area contributed by atoms with E-state index in [1.807, 2.05) is 0 Å². The Morgan fingerprint density at radius 2 is 1.63 bits per heavy atom. The summed E-state index contributed by atoms with van der Waals surface area (Å²) in [7, 11) is 0. The van der Waals surface area contributed by atoms with Gasteiger partial charge in [-0.05, 0) is 18.1 Å². The van der Waals surface area contributed by atoms with Gasteiger partial charge >= 0.3 is 5.97 Å². The molecule has 19 heavy (non-hydrogen) atoms. The number of nitrogens with zero attached hydrogens (tertiary/aromatic N) is 1. The summed E-state index contributed by atoms with van der Waals surface area (Å²) in [5.74, 6) is -3.36. The molecule has 1 unspecified atom stereocenters. The zero-order valence-corrected chi connectivity index (χ0v) is 10.4. The van der Waals surface area contributed by atoms with Crippen LogP contribution in [0.25, 0.3) is 0 Å². The molecule has 0 aliphatic carbocycles. The first-order valence-corrected chi connectivity index (χ1v) is 5.77. The summed E-state index contributed by atoms with van der Waals surface area (Å²) in [5, 5.41) is 0.307. The number of amides is 2. The molecule has 1 aliphatic rings. The van der Waals surface area contributed by atoms with E-state index in [1.165, 1.54) is 26.0 Å². The van der Waals surface area contributed by atoms with Crippen molar-refractivity contribution in [2.24, 2.45) is 5.92 Å². The van der Waals surface area contributed by atoms with Gasteiger partial charge in [0.2, 0.25) is 6.17 Å². The van der Waals surface area contributed by atoms with Crippen LogP contribution in [0.5, 0.6) is 0 Å². The molecule has 2 amide bonds. The van der Waals surface area contributed by atoms with E-state index in [9.17, 15) is 18.8 Å². The predicted molar refractivity (Wildman–Crippen MR) is 62.8 cm³/mol. The molecule has 5 nitrogen and oxygen atoms in total. The zero-order valence-electron chi connectivity index (χ0n) is 10.4. The van der Waals surface area contributed by atoms with Gasteiger partial charge in [-0.3, -0.25) is 9.59 Å². The second kappa shape index (κ2) is 4.79. The molecule has 2 rings (SSSR count). The van der Waals surface area contributed by atoms with Crippen LogP contribution >= 0.6 is 0 Å². The summed E-state index contributed by atoms with van der Waals surface area (Å²) >= 11 is 0. The monoisotopic (exact) mass is 265 g/mol. The first-order valence-electron chi connectivity index (χ1n) is 5.77. The maximum absolute atomic E-state index is 13.4. The highest BCUT2D eigenvalue weighted by atomic mass is 19.1. The van der Waals surface area contributed by atoms with Crippen molar-refractivity contribution in [2.45, 2.75) is 20.0 Å². The molecule has 1 atom stereocenters. The molecule has 1 heterocycles. The molecular weight excluding hydrogens is 253 g/mol. The van der Waals surface area contributed by atoms with Crippen molar-refractivity contribution in [3.63, 3.8) is 0 Å². The smallest absolute Gasteiger partial charge is 0.326 e. The number of carbonyl (C=O) groups is 3. The van der Waals surface area contributed by atoms with Gasteiger partial charge in [0.25, 0.3) is 11.8 Å². The van der Waals surface area contributed by atoms with Gasteiger partial charge in [0.05, 0.1) is 11.1 Å². The Balaban J connectivity index is 2.19. The molecule has 0 saturated carbocycles. The maximum atomic E-state index is 13.4. The zero-order chi connectivity index (χ0) is 14.2. The van der Waals surface area contributed by atoms with Crippen molar-refractivity contribution in [1.82, 2.24) is 5.06 Å². The number of hydrogen-bond donors (Lipinski definition) is 0. The minimum atomic E-state index is -1.88. The van der Waals surface area contributed by atoms with Crippen LogP contribution in [0.1, 0.15) is 34.6 Å². The first kappa shape index (κ1) is 13.2. The molecule has 0 bridgehead atoms. The molecule has 1 aromatic rings. The van der Waals surface area contributed by atoms with Crippen LogP contribution in [0, 0.1) is 5.92 Å². The lowest BCUT2D eigenvalue weighted by Crippen LogP contribution is -2.37. The molecule has 0 N–H and O–H groups in total. The van der Waals surface area contributed by atoms with Crippen LogP contribution < -0.4 is 0 Å². The maximum Gasteiger partial charge on any atom is 0.367 e. The van der Waals surface area contributed by atoms with E-state index >= 15 is 0 Å². The molecule has 100 valence electrons. The third kappa shape index (κ3) is 2.21. The van der Waals surface area contributed by atoms with E-state index in [4.69, 9.17) is 0 Å². The fraction of sp³-hybridized carbons (Fsp3) is 0.308. The van der Waals surface area contributed by atoms with Crippen LogP contribution in [-0.2, 0) is 9.63 Å². The standard InChI is InChI=1S/C13H12FNO4/c1-7(2)10(14)13(18)19-15-11(16)8-5-3-4-6-9(8)12(15)17/h3-7,10H,1-2H3. The lowest BCUT2D eigenvalue weighted by Gasteiger charge is -2.16. The quantitative estimate of drug-likeness (QED) is 0.781. The minimum Gasteiger partial charge on any atom is -0.326 e. The van der Waals surface area contributed by atoms with Crippen LogP contribution in [0.4, 0.5) is 4.39 Å². The normalized spacial score (nSPS) is 15.7. The first-order chi connectivity index (χ1) is 8.93. The Kier molecular flexibility index (Phi) is 3.33. The Hall–Kier alpha value is -2.24. The summed E-state index contributed by atoms with van der Waals surface area (Å²) in [6, 6.07) is 6.06. The van der Waals surface area contributed by atoms with E-state index in [1.54, 1.807) is 12.1 Å². The van der Waals surface area contributed by atoms with Crippen molar-refractivity contribution < 1.29 is 23.6 Å². The van der Waals surface area contributed by atoms with Crippen molar-refractivity contribution in [2.75, 3.05) is 0 Å². The molecule has 0 fully saturated rings. The third-order valence-corrected chi connectivity index (χ3v) is 2.75. The van der Waals surface area contributed by atoms with E-state index in [0.29, 0.717) is 5.06 Å². The van der Waals surface area contributed by atoms with Gasteiger partial charge < -0.3 is 4.84 Å². The Bertz CT molecular complexity index is 520. The number of benzene rings is 1. The number of imide groups is 1. The number of alkyl halides is 1. The number of halogens is 1. The highest BCUT2D eigenvalue weighted by Crippen LogP contribution is 2.23. The summed E-state index contributed by atoms with van der Waals surface area (Å²) in [5.41, 5.74) is 0.278. The Morgan fingerprint density at radius 3 is 2.05 bits per heavy atom. The number of hydrogen-bond acceptors (Lipinski definition) is 4. The molecule has 1 aliphatic heterocycles. The average Bonchev–Trinajstić information content (AvgIpc) is 2.63. The number of carbonyl (C=O) groups excluding carboxylic acids is 3. The molecule has 0 aromatic heterocycles. The molecule has 0 saturated heterocycles. The van der Waals surface area contributed by atoms with Crippen molar-refractivity contribution in [1.29, 1.82) is 0 Å². The van der Waals surface area contributed by atoms with Gasteiger partial charge in [0.1, 0.15) is 0 Å². The summed E-state index contributed by atoms with van der Waals surface area (Å²) < 4.78 is 13.4. The van der Waals surface area contributed by atoms with Gasteiger partial charge in [-0.1, -0.05) is 31.0 Å². The van der Waals surface area contributed by atoms with E-state index < -0.39 is 29.9 Å². The van der Waals surface area contributed by atoms with Crippen molar-refractivity contribution in [3.05, 3.63) is 35.4 Å². The Labute approximate surface area is 108 Å². The van der Waals surface area contributed by atoms with Crippen LogP contribution in [-0.4, -0.2) is 29.0 Å². The van der Waals surface area contributed by atoms with E-state index in [-0.39, 0.29) is 11.1 Å². The van der Waals surface area contributed by atoms with Crippen molar-refractivity contribution >= 4 is 17.8 Å². The summed E-state index contributed by atoms with van der Waals surface area (Å²) in [6.45, 7) is 2.99. The van der Waals surface area contributed by atoms with Gasteiger partial charge in [0.15, 0.2) is 0 Å². The second-order valence-electron chi connectivity index (χ2n) is 4.51. The number of hydroxylamine groups is 2. The highest BCUT2D eigenvalue weighted by molar-refractivity contribution is 6.20. The summed E-state index contributed by atoms with van der Waals surface area (Å²) in [6.07, 6.45) is -1.88. The van der Waals surface area contributed by atoms with Gasteiger partial charge in [-0.25, -0.2) is 9.18 Å². The third-order valence-electron chi connectivity index (χ3n) is 2.75. The highest BCUT2D eigenvalue weighted by Gasteiger charge is 2.40. The second-order valence-corrected chi connectivity index (χ2v) is 4.51. The van der Waals surface area contributed by atoms with Crippen LogP contribution in [0.15, 0.2) is 24.3 Å². The Morgan fingerprint density at radius 1 is 1.16 bits per heavy atom. The molecule has 1 aromatic carbocycles. The summed E-state index contributed by atoms with van der Waals surface area (Å²) in [4.78, 5) is 39.7. The van der Waals surface area contributed by atoms with E-state index in [2.05, 4.69) is 4.84 Å². The lowest BCUT2D eigenvalue weighted by molar-refractivity contribution is -0.176. The van der Waals surface area contributed by atoms with Gasteiger partial charge in [-0.2, -0.15) is 0 Å². The fourth-order valence-electron chi connectivity index (χ4n) is 1.66.